The van der Waals surface area contributed by atoms with Crippen molar-refractivity contribution in [3.05, 3.63) is 67.0 Å². The Kier molecular flexibility index (Phi) is 3.23. The molecule has 0 spiro atoms. The van der Waals surface area contributed by atoms with Gasteiger partial charge in [-0.3, -0.25) is 0 Å². The van der Waals surface area contributed by atoms with E-state index in [0.29, 0.717) is 5.56 Å². The third-order valence-electron chi connectivity index (χ3n) is 3.01. The van der Waals surface area contributed by atoms with Crippen molar-refractivity contribution in [2.45, 2.75) is 4.90 Å². The van der Waals surface area contributed by atoms with Gasteiger partial charge >= 0.3 is 0 Å². The van der Waals surface area contributed by atoms with Crippen molar-refractivity contribution < 1.29 is 13.5 Å². The van der Waals surface area contributed by atoms with Gasteiger partial charge in [-0.2, -0.15) is 0 Å². The molecule has 0 radical (unpaired) electrons. The number of nitrogens with zero attached hydrogens (tertiary/aromatic N) is 2. The summed E-state index contributed by atoms with van der Waals surface area (Å²) in [4.78, 5) is 4.28. The van der Waals surface area contributed by atoms with Crippen molar-refractivity contribution in [3.8, 4) is 17.1 Å². The largest absolute Gasteiger partial charge is 0.508 e. The van der Waals surface area contributed by atoms with Gasteiger partial charge in [0.1, 0.15) is 5.75 Å². The predicted octanol–water partition coefficient (Wildman–Crippen LogP) is 2.49. The summed E-state index contributed by atoms with van der Waals surface area (Å²) in [5.74, 6) is 0.314. The Hall–Kier alpha value is -2.60. The fraction of sp³-hybridized carbons (Fsp3) is 0. The van der Waals surface area contributed by atoms with Gasteiger partial charge in [0.15, 0.2) is 5.82 Å². The lowest BCUT2D eigenvalue weighted by atomic mass is 10.2. The molecule has 106 valence electrons. The van der Waals surface area contributed by atoms with Crippen LogP contribution >= 0.6 is 0 Å². The smallest absolute Gasteiger partial charge is 0.269 e. The van der Waals surface area contributed by atoms with E-state index in [1.54, 1.807) is 30.3 Å². The highest BCUT2D eigenvalue weighted by Crippen LogP contribution is 2.25. The molecule has 0 atom stereocenters. The van der Waals surface area contributed by atoms with Crippen LogP contribution in [0.4, 0.5) is 0 Å². The van der Waals surface area contributed by atoms with Gasteiger partial charge in [-0.25, -0.2) is 17.4 Å². The molecule has 0 aliphatic rings. The van der Waals surface area contributed by atoms with Crippen LogP contribution in [0.5, 0.6) is 5.75 Å². The van der Waals surface area contributed by atoms with Gasteiger partial charge in [-0.05, 0) is 24.3 Å². The Balaban J connectivity index is 2.16. The van der Waals surface area contributed by atoms with Crippen LogP contribution in [0.25, 0.3) is 11.4 Å². The summed E-state index contributed by atoms with van der Waals surface area (Å²) in [5.41, 5.74) is 0.527. The molecule has 2 aromatic carbocycles. The molecule has 0 saturated carbocycles. The van der Waals surface area contributed by atoms with E-state index in [2.05, 4.69) is 4.98 Å². The van der Waals surface area contributed by atoms with Crippen LogP contribution in [0.15, 0.2) is 71.9 Å². The van der Waals surface area contributed by atoms with Crippen molar-refractivity contribution in [3.63, 3.8) is 0 Å². The van der Waals surface area contributed by atoms with Gasteiger partial charge in [0, 0.05) is 18.0 Å². The zero-order valence-corrected chi connectivity index (χ0v) is 11.7. The van der Waals surface area contributed by atoms with E-state index in [9.17, 15) is 13.5 Å². The number of hydrogen-bond donors (Lipinski definition) is 1. The van der Waals surface area contributed by atoms with E-state index >= 15 is 0 Å². The maximum absolute atomic E-state index is 12.6. The van der Waals surface area contributed by atoms with Gasteiger partial charge in [-0.1, -0.05) is 30.3 Å². The Morgan fingerprint density at radius 2 is 1.76 bits per heavy atom. The number of rotatable bonds is 3. The first-order valence-corrected chi connectivity index (χ1v) is 7.66. The minimum absolute atomic E-state index is 0.0548. The second-order valence-corrected chi connectivity index (χ2v) is 6.23. The zero-order valence-electron chi connectivity index (χ0n) is 10.9. The van der Waals surface area contributed by atoms with Crippen LogP contribution in [0, 0.1) is 0 Å². The SMILES string of the molecule is O=S(=O)(c1ccccc1)n1ccnc1-c1cccc(O)c1. The second-order valence-electron chi connectivity index (χ2n) is 4.42. The van der Waals surface area contributed by atoms with Crippen molar-refractivity contribution in [2.24, 2.45) is 0 Å². The van der Waals surface area contributed by atoms with Crippen molar-refractivity contribution in [2.75, 3.05) is 0 Å². The van der Waals surface area contributed by atoms with E-state index < -0.39 is 10.0 Å². The molecular formula is C15H12N2O3S. The fourth-order valence-corrected chi connectivity index (χ4v) is 3.36. The molecule has 0 aliphatic heterocycles. The summed E-state index contributed by atoms with van der Waals surface area (Å²) < 4.78 is 26.4. The molecule has 0 saturated heterocycles. The summed E-state index contributed by atoms with van der Waals surface area (Å²) in [6.45, 7) is 0. The molecule has 1 aromatic heterocycles. The molecule has 3 rings (SSSR count). The molecule has 6 heteroatoms. The van der Waals surface area contributed by atoms with Gasteiger partial charge in [-0.15, -0.1) is 0 Å². The molecule has 0 fully saturated rings. The van der Waals surface area contributed by atoms with Gasteiger partial charge in [0.25, 0.3) is 10.0 Å². The molecule has 0 bridgehead atoms. The average Bonchev–Trinajstić information content (AvgIpc) is 2.98. The highest BCUT2D eigenvalue weighted by molar-refractivity contribution is 7.90. The van der Waals surface area contributed by atoms with Crippen molar-refractivity contribution in [1.82, 2.24) is 8.96 Å². The van der Waals surface area contributed by atoms with E-state index in [0.717, 1.165) is 3.97 Å². The van der Waals surface area contributed by atoms with Crippen molar-refractivity contribution in [1.29, 1.82) is 0 Å². The number of hydrogen-bond acceptors (Lipinski definition) is 4. The van der Waals surface area contributed by atoms with Crippen LogP contribution in [-0.4, -0.2) is 22.5 Å². The Bertz CT molecular complexity index is 871. The van der Waals surface area contributed by atoms with Crippen molar-refractivity contribution >= 4 is 10.0 Å². The van der Waals surface area contributed by atoms with Crippen LogP contribution in [0.1, 0.15) is 0 Å². The van der Waals surface area contributed by atoms with E-state index in [4.69, 9.17) is 0 Å². The maximum atomic E-state index is 12.6. The highest BCUT2D eigenvalue weighted by Gasteiger charge is 2.20. The minimum atomic E-state index is -3.71. The Morgan fingerprint density at radius 1 is 1.00 bits per heavy atom. The lowest BCUT2D eigenvalue weighted by Crippen LogP contribution is -2.13. The quantitative estimate of drug-likeness (QED) is 0.806. The van der Waals surface area contributed by atoms with Crippen LogP contribution in [0.3, 0.4) is 0 Å². The molecule has 5 nitrogen and oxygen atoms in total. The highest BCUT2D eigenvalue weighted by atomic mass is 32.2. The number of phenolic OH excluding ortho intramolecular Hbond substituents is 1. The van der Waals surface area contributed by atoms with Crippen LogP contribution < -0.4 is 0 Å². The molecule has 21 heavy (non-hydrogen) atoms. The number of aromatic nitrogens is 2. The molecule has 0 aliphatic carbocycles. The molecule has 0 amide bonds. The number of benzene rings is 2. The number of imidazole rings is 1. The van der Waals surface area contributed by atoms with Gasteiger partial charge in [0.05, 0.1) is 4.90 Å². The molecule has 1 N–H and O–H groups in total. The molecule has 0 unspecified atom stereocenters. The Labute approximate surface area is 122 Å². The second kappa shape index (κ2) is 5.06. The number of phenols is 1. The average molecular weight is 300 g/mol. The summed E-state index contributed by atoms with van der Waals surface area (Å²) in [6.07, 6.45) is 2.81. The summed E-state index contributed by atoms with van der Waals surface area (Å²) >= 11 is 0. The zero-order chi connectivity index (χ0) is 14.9. The first-order valence-electron chi connectivity index (χ1n) is 6.22. The fourth-order valence-electron chi connectivity index (χ4n) is 2.04. The predicted molar refractivity (Wildman–Crippen MR) is 78.4 cm³/mol. The topological polar surface area (TPSA) is 72.2 Å². The van der Waals surface area contributed by atoms with E-state index in [1.807, 2.05) is 0 Å². The van der Waals surface area contributed by atoms with E-state index in [-0.39, 0.29) is 16.5 Å². The first-order chi connectivity index (χ1) is 10.1. The summed E-state index contributed by atoms with van der Waals surface area (Å²) in [7, 11) is -3.71. The lowest BCUT2D eigenvalue weighted by molar-refractivity contribution is 0.475. The van der Waals surface area contributed by atoms with Crippen LogP contribution in [-0.2, 0) is 10.0 Å². The molecular weight excluding hydrogens is 288 g/mol. The standard InChI is InChI=1S/C15H12N2O3S/c18-13-6-4-5-12(11-13)15-16-9-10-17(15)21(19,20)14-7-2-1-3-8-14/h1-11,18H. The monoisotopic (exact) mass is 300 g/mol. The van der Waals surface area contributed by atoms with Gasteiger partial charge in [0.2, 0.25) is 0 Å². The summed E-state index contributed by atoms with van der Waals surface area (Å²) in [6, 6.07) is 14.5. The molecule has 3 aromatic rings. The Morgan fingerprint density at radius 3 is 2.48 bits per heavy atom. The van der Waals surface area contributed by atoms with Crippen LogP contribution in [0.2, 0.25) is 0 Å². The third-order valence-corrected chi connectivity index (χ3v) is 4.69. The molecule has 1 heterocycles. The normalized spacial score (nSPS) is 11.4. The van der Waals surface area contributed by atoms with Gasteiger partial charge < -0.3 is 5.11 Å². The third kappa shape index (κ3) is 2.41. The van der Waals surface area contributed by atoms with E-state index in [1.165, 1.54) is 36.7 Å². The maximum Gasteiger partial charge on any atom is 0.269 e. The lowest BCUT2D eigenvalue weighted by Gasteiger charge is -2.09. The number of aromatic hydroxyl groups is 1. The first kappa shape index (κ1) is 13.4. The summed E-state index contributed by atoms with van der Waals surface area (Å²) in [5, 5.41) is 9.54. The minimum Gasteiger partial charge on any atom is -0.508 e.